The molecule has 0 amide bonds. The highest BCUT2D eigenvalue weighted by atomic mass is 14.9. The average molecular weight is 260 g/mol. The van der Waals surface area contributed by atoms with Gasteiger partial charge in [-0.2, -0.15) is 0 Å². The van der Waals surface area contributed by atoms with Crippen LogP contribution in [0.15, 0.2) is 18.5 Å². The Labute approximate surface area is 118 Å². The van der Waals surface area contributed by atoms with Crippen LogP contribution in [-0.4, -0.2) is 17.6 Å². The molecule has 1 N–H and O–H groups in total. The van der Waals surface area contributed by atoms with Crippen molar-refractivity contribution in [3.05, 3.63) is 29.6 Å². The van der Waals surface area contributed by atoms with Gasteiger partial charge in [0.05, 0.1) is 0 Å². The van der Waals surface area contributed by atoms with Crippen LogP contribution in [0.1, 0.15) is 57.1 Å². The molecule has 3 unspecified atom stereocenters. The Morgan fingerprint density at radius 3 is 2.84 bits per heavy atom. The number of hydrogen-bond acceptors (Lipinski definition) is 2. The molecule has 0 aliphatic heterocycles. The minimum atomic E-state index is 0.579. The summed E-state index contributed by atoms with van der Waals surface area (Å²) in [5, 5.41) is 3.63. The molecule has 2 heteroatoms. The van der Waals surface area contributed by atoms with Gasteiger partial charge in [0.15, 0.2) is 0 Å². The summed E-state index contributed by atoms with van der Waals surface area (Å²) in [5.74, 6) is 2.30. The Morgan fingerprint density at radius 2 is 2.16 bits per heavy atom. The van der Waals surface area contributed by atoms with Gasteiger partial charge in [0.25, 0.3) is 0 Å². The fourth-order valence-electron chi connectivity index (χ4n) is 3.32. The van der Waals surface area contributed by atoms with Gasteiger partial charge in [0.1, 0.15) is 0 Å². The highest BCUT2D eigenvalue weighted by molar-refractivity contribution is 5.27. The molecular formula is C17H28N2. The average Bonchev–Trinajstić information content (AvgIpc) is 2.37. The molecule has 1 fully saturated rings. The van der Waals surface area contributed by atoms with Gasteiger partial charge in [0.2, 0.25) is 0 Å². The van der Waals surface area contributed by atoms with Crippen LogP contribution in [0.4, 0.5) is 0 Å². The predicted molar refractivity (Wildman–Crippen MR) is 81.4 cm³/mol. The van der Waals surface area contributed by atoms with Gasteiger partial charge in [-0.3, -0.25) is 4.98 Å². The van der Waals surface area contributed by atoms with E-state index in [1.165, 1.54) is 30.4 Å². The van der Waals surface area contributed by atoms with Gasteiger partial charge in [-0.05, 0) is 61.3 Å². The molecule has 0 bridgehead atoms. The van der Waals surface area contributed by atoms with Crippen molar-refractivity contribution >= 4 is 0 Å². The lowest BCUT2D eigenvalue weighted by molar-refractivity contribution is 0.237. The molecular weight excluding hydrogens is 232 g/mol. The van der Waals surface area contributed by atoms with E-state index in [1.54, 1.807) is 0 Å². The van der Waals surface area contributed by atoms with Crippen molar-refractivity contribution in [3.63, 3.8) is 0 Å². The quantitative estimate of drug-likeness (QED) is 0.888. The summed E-state index contributed by atoms with van der Waals surface area (Å²) >= 11 is 0. The first-order valence-corrected chi connectivity index (χ1v) is 7.71. The number of nitrogens with zero attached hydrogens (tertiary/aromatic N) is 1. The molecule has 2 nitrogen and oxygen atoms in total. The van der Waals surface area contributed by atoms with E-state index in [-0.39, 0.29) is 0 Å². The number of aromatic nitrogens is 1. The van der Waals surface area contributed by atoms with Crippen molar-refractivity contribution in [2.75, 3.05) is 6.54 Å². The Bertz CT molecular complexity index is 400. The Kier molecular flexibility index (Phi) is 4.98. The van der Waals surface area contributed by atoms with Gasteiger partial charge in [0, 0.05) is 18.4 Å². The van der Waals surface area contributed by atoms with Gasteiger partial charge in [-0.1, -0.05) is 27.2 Å². The molecule has 2 rings (SSSR count). The zero-order valence-corrected chi connectivity index (χ0v) is 12.8. The Hall–Kier alpha value is -0.890. The SMILES string of the molecule is Cc1ccncc1C1CC(C)CCC1CNC(C)C. The number of nitrogens with one attached hydrogen (secondary N) is 1. The highest BCUT2D eigenvalue weighted by Crippen LogP contribution is 2.41. The number of rotatable bonds is 4. The molecule has 19 heavy (non-hydrogen) atoms. The number of aryl methyl sites for hydroxylation is 1. The zero-order valence-electron chi connectivity index (χ0n) is 12.8. The number of hydrogen-bond donors (Lipinski definition) is 1. The molecule has 0 radical (unpaired) electrons. The van der Waals surface area contributed by atoms with E-state index < -0.39 is 0 Å². The van der Waals surface area contributed by atoms with Crippen LogP contribution >= 0.6 is 0 Å². The molecule has 1 heterocycles. The summed E-state index contributed by atoms with van der Waals surface area (Å²) in [7, 11) is 0. The van der Waals surface area contributed by atoms with Gasteiger partial charge in [-0.25, -0.2) is 0 Å². The van der Waals surface area contributed by atoms with Crippen LogP contribution < -0.4 is 5.32 Å². The smallest absolute Gasteiger partial charge is 0.0305 e. The molecule has 3 atom stereocenters. The van der Waals surface area contributed by atoms with Crippen molar-refractivity contribution in [3.8, 4) is 0 Å². The maximum Gasteiger partial charge on any atom is 0.0305 e. The monoisotopic (exact) mass is 260 g/mol. The van der Waals surface area contributed by atoms with Gasteiger partial charge >= 0.3 is 0 Å². The molecule has 1 aliphatic rings. The van der Waals surface area contributed by atoms with Crippen LogP contribution in [0.25, 0.3) is 0 Å². The van der Waals surface area contributed by atoms with E-state index in [1.807, 2.05) is 6.20 Å². The fraction of sp³-hybridized carbons (Fsp3) is 0.706. The molecule has 0 aromatic carbocycles. The standard InChI is InChI=1S/C17H28N2/c1-12(2)19-10-15-6-5-13(3)9-16(15)17-11-18-8-7-14(17)4/h7-8,11-13,15-16,19H,5-6,9-10H2,1-4H3. The summed E-state index contributed by atoms with van der Waals surface area (Å²) in [6.45, 7) is 10.2. The van der Waals surface area contributed by atoms with Crippen molar-refractivity contribution in [2.24, 2.45) is 11.8 Å². The van der Waals surface area contributed by atoms with E-state index in [0.717, 1.165) is 18.4 Å². The number of pyridine rings is 1. The highest BCUT2D eigenvalue weighted by Gasteiger charge is 2.30. The van der Waals surface area contributed by atoms with Crippen molar-refractivity contribution in [2.45, 2.75) is 58.9 Å². The molecule has 1 aromatic rings. The van der Waals surface area contributed by atoms with E-state index >= 15 is 0 Å². The van der Waals surface area contributed by atoms with E-state index in [2.05, 4.69) is 50.3 Å². The minimum Gasteiger partial charge on any atom is -0.314 e. The third-order valence-corrected chi connectivity index (χ3v) is 4.52. The summed E-state index contributed by atoms with van der Waals surface area (Å²) in [5.41, 5.74) is 2.88. The second-order valence-corrected chi connectivity index (χ2v) is 6.58. The van der Waals surface area contributed by atoms with E-state index in [9.17, 15) is 0 Å². The van der Waals surface area contributed by atoms with E-state index in [4.69, 9.17) is 0 Å². The van der Waals surface area contributed by atoms with E-state index in [0.29, 0.717) is 12.0 Å². The third kappa shape index (κ3) is 3.79. The largest absolute Gasteiger partial charge is 0.314 e. The lowest BCUT2D eigenvalue weighted by Crippen LogP contribution is -2.35. The van der Waals surface area contributed by atoms with Gasteiger partial charge < -0.3 is 5.32 Å². The Morgan fingerprint density at radius 1 is 1.37 bits per heavy atom. The summed E-state index contributed by atoms with van der Waals surface area (Å²) < 4.78 is 0. The lowest BCUT2D eigenvalue weighted by atomic mass is 9.71. The molecule has 0 spiro atoms. The van der Waals surface area contributed by atoms with Crippen LogP contribution in [-0.2, 0) is 0 Å². The topological polar surface area (TPSA) is 24.9 Å². The maximum atomic E-state index is 4.36. The van der Waals surface area contributed by atoms with Crippen LogP contribution in [0.3, 0.4) is 0 Å². The second kappa shape index (κ2) is 6.51. The van der Waals surface area contributed by atoms with Crippen molar-refractivity contribution in [1.29, 1.82) is 0 Å². The molecule has 106 valence electrons. The molecule has 1 saturated carbocycles. The molecule has 1 aliphatic carbocycles. The third-order valence-electron chi connectivity index (χ3n) is 4.52. The predicted octanol–water partition coefficient (Wildman–Crippen LogP) is 3.91. The molecule has 1 aromatic heterocycles. The van der Waals surface area contributed by atoms with Crippen LogP contribution in [0.2, 0.25) is 0 Å². The first-order valence-electron chi connectivity index (χ1n) is 7.71. The first kappa shape index (κ1) is 14.5. The first-order chi connectivity index (χ1) is 9.08. The van der Waals surface area contributed by atoms with Gasteiger partial charge in [-0.15, -0.1) is 0 Å². The zero-order chi connectivity index (χ0) is 13.8. The van der Waals surface area contributed by atoms with Crippen LogP contribution in [0, 0.1) is 18.8 Å². The Balaban J connectivity index is 2.14. The minimum absolute atomic E-state index is 0.579. The second-order valence-electron chi connectivity index (χ2n) is 6.58. The maximum absolute atomic E-state index is 4.36. The summed E-state index contributed by atoms with van der Waals surface area (Å²) in [6, 6.07) is 2.73. The fourth-order valence-corrected chi connectivity index (χ4v) is 3.32. The van der Waals surface area contributed by atoms with Crippen LogP contribution in [0.5, 0.6) is 0 Å². The lowest BCUT2D eigenvalue weighted by Gasteiger charge is -2.36. The summed E-state index contributed by atoms with van der Waals surface area (Å²) in [4.78, 5) is 4.36. The van der Waals surface area contributed by atoms with Crippen molar-refractivity contribution in [1.82, 2.24) is 10.3 Å². The summed E-state index contributed by atoms with van der Waals surface area (Å²) in [6.07, 6.45) is 8.05. The molecule has 0 saturated heterocycles. The normalized spacial score (nSPS) is 27.7. The van der Waals surface area contributed by atoms with Crippen molar-refractivity contribution < 1.29 is 0 Å².